The number of para-hydroxylation sites is 2. The van der Waals surface area contributed by atoms with Crippen molar-refractivity contribution < 1.29 is 18.7 Å². The summed E-state index contributed by atoms with van der Waals surface area (Å²) in [4.78, 5) is 35.3. The summed E-state index contributed by atoms with van der Waals surface area (Å²) in [7, 11) is 3.18. The van der Waals surface area contributed by atoms with Gasteiger partial charge in [-0.05, 0) is 41.7 Å². The monoisotopic (exact) mass is 456 g/mol. The zero-order valence-electron chi connectivity index (χ0n) is 18.5. The number of nitrogens with one attached hydrogen (secondary N) is 1. The van der Waals surface area contributed by atoms with E-state index in [1.807, 2.05) is 30.3 Å². The molecule has 1 aliphatic rings. The van der Waals surface area contributed by atoms with Gasteiger partial charge in [-0.15, -0.1) is 0 Å². The summed E-state index contributed by atoms with van der Waals surface area (Å²) in [5.74, 6) is 1.09. The predicted molar refractivity (Wildman–Crippen MR) is 124 cm³/mol. The zero-order valence-corrected chi connectivity index (χ0v) is 18.5. The maximum absolute atomic E-state index is 13.5. The van der Waals surface area contributed by atoms with Gasteiger partial charge in [0, 0.05) is 24.2 Å². The molecule has 0 saturated heterocycles. The summed E-state index contributed by atoms with van der Waals surface area (Å²) in [6.07, 6.45) is 2.32. The van der Waals surface area contributed by atoms with E-state index in [2.05, 4.69) is 15.1 Å². The molecule has 5 aromatic rings. The second kappa shape index (κ2) is 7.58. The molecule has 2 aromatic carbocycles. The van der Waals surface area contributed by atoms with Crippen LogP contribution in [0.5, 0.6) is 11.5 Å². The van der Waals surface area contributed by atoms with Crippen LogP contribution in [-0.4, -0.2) is 39.8 Å². The third-order valence-corrected chi connectivity index (χ3v) is 6.36. The quantitative estimate of drug-likeness (QED) is 0.438. The highest BCUT2D eigenvalue weighted by atomic mass is 16.5. The maximum Gasteiger partial charge on any atom is 0.325 e. The Bertz CT molecular complexity index is 1610. The summed E-state index contributed by atoms with van der Waals surface area (Å²) in [6.45, 7) is 0. The van der Waals surface area contributed by atoms with Crippen molar-refractivity contribution in [3.05, 3.63) is 75.7 Å². The minimum Gasteiger partial charge on any atom is -0.497 e. The number of ether oxygens (including phenoxy) is 2. The number of ketones is 1. The number of benzene rings is 2. The SMILES string of the molecule is COc1ccc([C@@H]2CC(=O)c3cnc4[nH]n(-c5nc6ccccc6o5)c(=O)c4c3C2)c(OC)c1. The first-order valence-electron chi connectivity index (χ1n) is 10.8. The van der Waals surface area contributed by atoms with Crippen LogP contribution in [0.25, 0.3) is 28.1 Å². The Morgan fingerprint density at radius 1 is 1.09 bits per heavy atom. The van der Waals surface area contributed by atoms with Crippen LogP contribution in [0.1, 0.15) is 33.8 Å². The first kappa shape index (κ1) is 20.2. The van der Waals surface area contributed by atoms with Crippen molar-refractivity contribution >= 4 is 27.9 Å². The third-order valence-electron chi connectivity index (χ3n) is 6.36. The van der Waals surface area contributed by atoms with Crippen molar-refractivity contribution in [3.8, 4) is 17.5 Å². The maximum atomic E-state index is 13.5. The number of aromatic amines is 1. The van der Waals surface area contributed by atoms with E-state index >= 15 is 0 Å². The van der Waals surface area contributed by atoms with Gasteiger partial charge >= 0.3 is 6.01 Å². The fourth-order valence-corrected chi connectivity index (χ4v) is 4.70. The third kappa shape index (κ3) is 3.01. The molecule has 9 nitrogen and oxygen atoms in total. The molecule has 3 heterocycles. The van der Waals surface area contributed by atoms with Crippen LogP contribution < -0.4 is 15.0 Å². The van der Waals surface area contributed by atoms with Gasteiger partial charge in [0.2, 0.25) is 0 Å². The van der Waals surface area contributed by atoms with E-state index in [1.165, 1.54) is 10.9 Å². The van der Waals surface area contributed by atoms with E-state index in [9.17, 15) is 9.59 Å². The van der Waals surface area contributed by atoms with Crippen LogP contribution in [0, 0.1) is 0 Å². The van der Waals surface area contributed by atoms with E-state index in [-0.39, 0.29) is 23.3 Å². The number of aromatic nitrogens is 4. The van der Waals surface area contributed by atoms with Crippen molar-refractivity contribution in [1.82, 2.24) is 19.7 Å². The number of hydrogen-bond donors (Lipinski definition) is 1. The predicted octanol–water partition coefficient (Wildman–Crippen LogP) is 3.78. The Morgan fingerprint density at radius 3 is 2.74 bits per heavy atom. The molecule has 0 bridgehead atoms. The van der Waals surface area contributed by atoms with E-state index in [1.54, 1.807) is 26.4 Å². The van der Waals surface area contributed by atoms with Gasteiger partial charge in [0.05, 0.1) is 19.6 Å². The number of pyridine rings is 1. The highest BCUT2D eigenvalue weighted by Gasteiger charge is 2.32. The van der Waals surface area contributed by atoms with Crippen LogP contribution >= 0.6 is 0 Å². The number of oxazole rings is 1. The Kier molecular flexibility index (Phi) is 4.51. The normalized spacial score (nSPS) is 15.6. The lowest BCUT2D eigenvalue weighted by atomic mass is 9.79. The molecular formula is C25H20N4O5. The Balaban J connectivity index is 1.49. The van der Waals surface area contributed by atoms with Crippen molar-refractivity contribution in [3.63, 3.8) is 0 Å². The van der Waals surface area contributed by atoms with E-state index in [4.69, 9.17) is 13.9 Å². The lowest BCUT2D eigenvalue weighted by Crippen LogP contribution is -2.22. The molecular weight excluding hydrogens is 436 g/mol. The highest BCUT2D eigenvalue weighted by Crippen LogP contribution is 2.39. The molecule has 0 unspecified atom stereocenters. The molecule has 6 rings (SSSR count). The Hall–Kier alpha value is -4.40. The minimum atomic E-state index is -0.360. The molecule has 0 aliphatic heterocycles. The van der Waals surface area contributed by atoms with Gasteiger partial charge in [0.25, 0.3) is 5.56 Å². The number of fused-ring (bicyclic) bond motifs is 4. The first-order valence-corrected chi connectivity index (χ1v) is 10.8. The van der Waals surface area contributed by atoms with Crippen LogP contribution in [-0.2, 0) is 6.42 Å². The van der Waals surface area contributed by atoms with Crippen LogP contribution in [0.3, 0.4) is 0 Å². The number of nitrogens with zero attached hydrogens (tertiary/aromatic N) is 3. The van der Waals surface area contributed by atoms with Crippen molar-refractivity contribution in [1.29, 1.82) is 0 Å². The van der Waals surface area contributed by atoms with Gasteiger partial charge < -0.3 is 13.9 Å². The highest BCUT2D eigenvalue weighted by molar-refractivity contribution is 6.02. The Labute approximate surface area is 192 Å². The fourth-order valence-electron chi connectivity index (χ4n) is 4.70. The van der Waals surface area contributed by atoms with Crippen LogP contribution in [0.15, 0.2) is 57.9 Å². The largest absolute Gasteiger partial charge is 0.497 e. The molecule has 170 valence electrons. The van der Waals surface area contributed by atoms with Gasteiger partial charge in [0.1, 0.15) is 17.0 Å². The van der Waals surface area contributed by atoms with Gasteiger partial charge in [-0.25, -0.2) is 4.98 Å². The smallest absolute Gasteiger partial charge is 0.325 e. The standard InChI is InChI=1S/C25H20N4O5/c1-32-14-7-8-15(21(11-14)33-2)13-9-16-17(19(30)10-13)12-26-23-22(16)24(31)29(28-23)25-27-18-5-3-4-6-20(18)34-25/h3-8,11-13H,9-10H2,1-2H3,(H,26,28)/t13-/m0/s1. The molecule has 0 amide bonds. The lowest BCUT2D eigenvalue weighted by molar-refractivity contribution is 0.0964. The average Bonchev–Trinajstić information content (AvgIpc) is 3.44. The van der Waals surface area contributed by atoms with Gasteiger partial charge in [-0.3, -0.25) is 14.7 Å². The van der Waals surface area contributed by atoms with Crippen molar-refractivity contribution in [2.75, 3.05) is 14.2 Å². The molecule has 1 aliphatic carbocycles. The summed E-state index contributed by atoms with van der Waals surface area (Å²) in [6, 6.07) is 12.9. The number of methoxy groups -OCH3 is 2. The molecule has 3 aromatic heterocycles. The van der Waals surface area contributed by atoms with Crippen molar-refractivity contribution in [2.24, 2.45) is 0 Å². The number of hydrogen-bond acceptors (Lipinski definition) is 7. The number of H-pyrrole nitrogens is 1. The second-order valence-electron chi connectivity index (χ2n) is 8.23. The number of carbonyl (C=O) groups excluding carboxylic acids is 1. The van der Waals surface area contributed by atoms with E-state index < -0.39 is 0 Å². The average molecular weight is 456 g/mol. The number of rotatable bonds is 4. The second-order valence-corrected chi connectivity index (χ2v) is 8.23. The van der Waals surface area contributed by atoms with Gasteiger partial charge in [-0.2, -0.15) is 9.67 Å². The minimum absolute atomic E-state index is 0.0625. The molecule has 0 spiro atoms. The van der Waals surface area contributed by atoms with E-state index in [0.29, 0.717) is 57.6 Å². The molecule has 1 N–H and O–H groups in total. The topological polar surface area (TPSA) is 112 Å². The number of Topliss-reactive ketones (excluding diaryl/α,β-unsaturated/α-hetero) is 1. The molecule has 0 fully saturated rings. The first-order chi connectivity index (χ1) is 16.6. The molecule has 34 heavy (non-hydrogen) atoms. The summed E-state index contributed by atoms with van der Waals surface area (Å²) in [5.41, 5.74) is 3.25. The van der Waals surface area contributed by atoms with Gasteiger partial charge in [-0.1, -0.05) is 18.2 Å². The Morgan fingerprint density at radius 2 is 1.94 bits per heavy atom. The molecule has 1 atom stereocenters. The van der Waals surface area contributed by atoms with Crippen LogP contribution in [0.2, 0.25) is 0 Å². The fraction of sp³-hybridized carbons (Fsp3) is 0.200. The summed E-state index contributed by atoms with van der Waals surface area (Å²) < 4.78 is 17.9. The van der Waals surface area contributed by atoms with Gasteiger partial charge in [0.15, 0.2) is 17.0 Å². The molecule has 9 heteroatoms. The van der Waals surface area contributed by atoms with Crippen molar-refractivity contribution in [2.45, 2.75) is 18.8 Å². The summed E-state index contributed by atoms with van der Waals surface area (Å²) in [5, 5.41) is 3.35. The van der Waals surface area contributed by atoms with E-state index in [0.717, 1.165) is 5.56 Å². The summed E-state index contributed by atoms with van der Waals surface area (Å²) >= 11 is 0. The number of carbonyl (C=O) groups is 1. The van der Waals surface area contributed by atoms with Crippen LogP contribution in [0.4, 0.5) is 0 Å². The zero-order chi connectivity index (χ0) is 23.4. The lowest BCUT2D eigenvalue weighted by Gasteiger charge is -2.25. The molecule has 0 saturated carbocycles. The molecule has 0 radical (unpaired) electrons.